The van der Waals surface area contributed by atoms with Crippen LogP contribution in [-0.4, -0.2) is 22.6 Å². The van der Waals surface area contributed by atoms with E-state index in [1.54, 1.807) is 6.08 Å². The molecule has 0 aromatic heterocycles. The van der Waals surface area contributed by atoms with Crippen molar-refractivity contribution in [1.29, 1.82) is 0 Å². The highest BCUT2D eigenvalue weighted by atomic mass is 16.4. The van der Waals surface area contributed by atoms with Crippen LogP contribution in [0.5, 0.6) is 0 Å². The number of hydrogen-bond donors (Lipinski definition) is 1. The van der Waals surface area contributed by atoms with Crippen LogP contribution in [0.4, 0.5) is 0 Å². The highest BCUT2D eigenvalue weighted by Gasteiger charge is 2.32. The molecule has 1 fully saturated rings. The van der Waals surface area contributed by atoms with Crippen LogP contribution in [0.25, 0.3) is 0 Å². The Labute approximate surface area is 125 Å². The van der Waals surface area contributed by atoms with Crippen molar-refractivity contribution in [1.82, 2.24) is 0 Å². The lowest BCUT2D eigenvalue weighted by Crippen LogP contribution is -2.12. The molecule has 1 saturated carbocycles. The van der Waals surface area contributed by atoms with Crippen molar-refractivity contribution in [3.05, 3.63) is 12.2 Å². The zero-order chi connectivity index (χ0) is 15.7. The normalized spacial score (nSPS) is 21.3. The highest BCUT2D eigenvalue weighted by molar-refractivity contribution is 5.90. The third kappa shape index (κ3) is 6.40. The minimum Gasteiger partial charge on any atom is -0.481 e. The summed E-state index contributed by atoms with van der Waals surface area (Å²) >= 11 is 0. The number of carbonyl (C=O) groups excluding carboxylic acids is 2. The Morgan fingerprint density at radius 1 is 1.38 bits per heavy atom. The summed E-state index contributed by atoms with van der Waals surface area (Å²) in [5, 5.41) is 8.51. The average molecular weight is 290 g/mol. The van der Waals surface area contributed by atoms with Crippen LogP contribution in [0, 0.1) is 23.7 Å². The number of hydrogen-bond acceptors (Lipinski definition) is 3. The zero-order valence-electron chi connectivity index (χ0n) is 12.4. The molecule has 0 aromatic carbocycles. The third-order valence-electron chi connectivity index (χ3n) is 3.67. The van der Waals surface area contributed by atoms with E-state index in [4.69, 9.17) is 5.11 Å². The Morgan fingerprint density at radius 2 is 2.14 bits per heavy atom. The zero-order valence-corrected chi connectivity index (χ0v) is 12.4. The second kappa shape index (κ2) is 9.12. The minimum absolute atomic E-state index is 0.0767. The van der Waals surface area contributed by atoms with Gasteiger partial charge in [-0.3, -0.25) is 14.4 Å². The molecule has 0 bridgehead atoms. The molecule has 0 aliphatic heterocycles. The van der Waals surface area contributed by atoms with Gasteiger partial charge in [0, 0.05) is 38.0 Å². The molecule has 1 N–H and O–H groups in total. The topological polar surface area (TPSA) is 71.4 Å². The molecule has 0 spiro atoms. The fourth-order valence-electron chi connectivity index (χ4n) is 2.38. The Bertz CT molecular complexity index is 479. The van der Waals surface area contributed by atoms with Gasteiger partial charge in [0.05, 0.1) is 0 Å². The van der Waals surface area contributed by atoms with Gasteiger partial charge in [0.1, 0.15) is 5.78 Å². The van der Waals surface area contributed by atoms with Crippen LogP contribution >= 0.6 is 0 Å². The Balaban J connectivity index is 2.45. The number of unbranched alkanes of at least 4 members (excludes halogenated alkanes) is 1. The van der Waals surface area contributed by atoms with E-state index in [1.807, 2.05) is 13.0 Å². The second-order valence-corrected chi connectivity index (χ2v) is 5.26. The van der Waals surface area contributed by atoms with Gasteiger partial charge in [-0.25, -0.2) is 0 Å². The van der Waals surface area contributed by atoms with Crippen LogP contribution in [0.2, 0.25) is 0 Å². The first-order chi connectivity index (χ1) is 10.0. The van der Waals surface area contributed by atoms with Gasteiger partial charge in [0.25, 0.3) is 0 Å². The first kappa shape index (κ1) is 17.2. The summed E-state index contributed by atoms with van der Waals surface area (Å²) in [6, 6.07) is 0. The smallest absolute Gasteiger partial charge is 0.303 e. The molecular weight excluding hydrogens is 268 g/mol. The van der Waals surface area contributed by atoms with Crippen LogP contribution in [-0.2, 0) is 14.4 Å². The Kier molecular flexibility index (Phi) is 7.45. The molecule has 4 nitrogen and oxygen atoms in total. The first-order valence-electron chi connectivity index (χ1n) is 7.45. The van der Waals surface area contributed by atoms with Gasteiger partial charge in [0.15, 0.2) is 5.78 Å². The molecule has 2 unspecified atom stereocenters. The van der Waals surface area contributed by atoms with E-state index in [1.165, 1.54) is 0 Å². The maximum Gasteiger partial charge on any atom is 0.303 e. The van der Waals surface area contributed by atoms with E-state index >= 15 is 0 Å². The molecule has 1 rings (SSSR count). The second-order valence-electron chi connectivity index (χ2n) is 5.26. The van der Waals surface area contributed by atoms with E-state index in [0.717, 1.165) is 6.42 Å². The number of carboxylic acids is 1. The van der Waals surface area contributed by atoms with Crippen molar-refractivity contribution < 1.29 is 19.5 Å². The summed E-state index contributed by atoms with van der Waals surface area (Å²) < 4.78 is 0. The SMILES string of the molecule is CCC(=O)/C=C/C1CCC(=O)C1CC#CCCCC(=O)O. The molecule has 0 amide bonds. The summed E-state index contributed by atoms with van der Waals surface area (Å²) in [7, 11) is 0. The molecule has 0 saturated heterocycles. The summed E-state index contributed by atoms with van der Waals surface area (Å²) in [4.78, 5) is 33.5. The van der Waals surface area contributed by atoms with Crippen LogP contribution in [0.3, 0.4) is 0 Å². The van der Waals surface area contributed by atoms with Crippen molar-refractivity contribution in [2.24, 2.45) is 11.8 Å². The summed E-state index contributed by atoms with van der Waals surface area (Å²) in [6.45, 7) is 1.81. The number of allylic oxidation sites excluding steroid dienone is 2. The summed E-state index contributed by atoms with van der Waals surface area (Å²) in [6.07, 6.45) is 6.97. The largest absolute Gasteiger partial charge is 0.481 e. The molecule has 4 heteroatoms. The summed E-state index contributed by atoms with van der Waals surface area (Å²) in [5.74, 6) is 5.39. The van der Waals surface area contributed by atoms with Crippen LogP contribution in [0.15, 0.2) is 12.2 Å². The van der Waals surface area contributed by atoms with Gasteiger partial charge in [-0.15, -0.1) is 11.8 Å². The van der Waals surface area contributed by atoms with Crippen molar-refractivity contribution in [2.75, 3.05) is 0 Å². The highest BCUT2D eigenvalue weighted by Crippen LogP contribution is 2.32. The molecule has 2 atom stereocenters. The van der Waals surface area contributed by atoms with Gasteiger partial charge >= 0.3 is 5.97 Å². The van der Waals surface area contributed by atoms with E-state index in [-0.39, 0.29) is 29.8 Å². The molecular formula is C17H22O4. The van der Waals surface area contributed by atoms with E-state index < -0.39 is 5.97 Å². The number of carboxylic acid groups (broad SMARTS) is 1. The van der Waals surface area contributed by atoms with Gasteiger partial charge in [0.2, 0.25) is 0 Å². The first-order valence-corrected chi connectivity index (χ1v) is 7.45. The number of rotatable bonds is 7. The minimum atomic E-state index is -0.812. The Morgan fingerprint density at radius 3 is 2.81 bits per heavy atom. The number of Topliss-reactive ketones (excluding diaryl/α,β-unsaturated/α-hetero) is 1. The van der Waals surface area contributed by atoms with Gasteiger partial charge in [-0.1, -0.05) is 13.0 Å². The molecule has 0 aromatic rings. The number of aliphatic carboxylic acids is 1. The quantitative estimate of drug-likeness (QED) is 0.444. The predicted molar refractivity (Wildman–Crippen MR) is 79.5 cm³/mol. The third-order valence-corrected chi connectivity index (χ3v) is 3.67. The fourth-order valence-corrected chi connectivity index (χ4v) is 2.38. The molecule has 0 heterocycles. The maximum atomic E-state index is 11.8. The lowest BCUT2D eigenvalue weighted by Gasteiger charge is -2.11. The molecule has 1 aliphatic rings. The van der Waals surface area contributed by atoms with Gasteiger partial charge in [-0.05, 0) is 24.8 Å². The van der Waals surface area contributed by atoms with Crippen molar-refractivity contribution in [2.45, 2.75) is 51.9 Å². The Hall–Kier alpha value is -1.89. The molecule has 21 heavy (non-hydrogen) atoms. The maximum absolute atomic E-state index is 11.8. The fraction of sp³-hybridized carbons (Fsp3) is 0.588. The molecule has 114 valence electrons. The lowest BCUT2D eigenvalue weighted by molar-refractivity contribution is -0.137. The van der Waals surface area contributed by atoms with E-state index in [2.05, 4.69) is 11.8 Å². The summed E-state index contributed by atoms with van der Waals surface area (Å²) in [5.41, 5.74) is 0. The monoisotopic (exact) mass is 290 g/mol. The molecule has 1 aliphatic carbocycles. The number of carbonyl (C=O) groups is 3. The van der Waals surface area contributed by atoms with Gasteiger partial charge in [-0.2, -0.15) is 0 Å². The van der Waals surface area contributed by atoms with Crippen molar-refractivity contribution in [3.8, 4) is 11.8 Å². The molecule has 0 radical (unpaired) electrons. The standard InChI is InChI=1S/C17H22O4/c1-2-14(18)11-9-13-10-12-16(19)15(13)7-5-3-4-6-8-17(20)21/h9,11,13,15H,2,4,6-8,10,12H2,1H3,(H,20,21)/b11-9+. The predicted octanol–water partition coefficient (Wildman–Crippen LogP) is 2.77. The van der Waals surface area contributed by atoms with Crippen molar-refractivity contribution in [3.63, 3.8) is 0 Å². The average Bonchev–Trinajstić information content (AvgIpc) is 2.80. The van der Waals surface area contributed by atoms with Crippen molar-refractivity contribution >= 4 is 17.5 Å². The van der Waals surface area contributed by atoms with Crippen LogP contribution in [0.1, 0.15) is 51.9 Å². The van der Waals surface area contributed by atoms with Gasteiger partial charge < -0.3 is 5.11 Å². The van der Waals surface area contributed by atoms with E-state index in [9.17, 15) is 14.4 Å². The lowest BCUT2D eigenvalue weighted by atomic mass is 9.91. The number of ketones is 2. The van der Waals surface area contributed by atoms with Crippen LogP contribution < -0.4 is 0 Å². The van der Waals surface area contributed by atoms with E-state index in [0.29, 0.717) is 32.1 Å².